The number of amides is 1. The topological polar surface area (TPSA) is 37.4 Å². The molecule has 1 heterocycles. The van der Waals surface area contributed by atoms with Crippen LogP contribution < -0.4 is 0 Å². The van der Waals surface area contributed by atoms with Crippen LogP contribution >= 0.6 is 0 Å². The lowest BCUT2D eigenvalue weighted by Gasteiger charge is -2.28. The van der Waals surface area contributed by atoms with Gasteiger partial charge in [0.15, 0.2) is 5.78 Å². The monoisotopic (exact) mass is 167 g/mol. The van der Waals surface area contributed by atoms with Crippen molar-refractivity contribution in [2.45, 2.75) is 25.7 Å². The number of likely N-dealkylation sites (tertiary alicyclic amines) is 1. The number of hydrogen-bond acceptors (Lipinski definition) is 2. The summed E-state index contributed by atoms with van der Waals surface area (Å²) in [6.45, 7) is 1.03. The molecule has 0 spiro atoms. The highest BCUT2D eigenvalue weighted by atomic mass is 16.2. The highest BCUT2D eigenvalue weighted by molar-refractivity contribution is 5.90. The van der Waals surface area contributed by atoms with Crippen molar-refractivity contribution < 1.29 is 9.59 Å². The van der Waals surface area contributed by atoms with Gasteiger partial charge in [-0.1, -0.05) is 6.42 Å². The van der Waals surface area contributed by atoms with E-state index in [1.165, 1.54) is 6.42 Å². The molecule has 66 valence electrons. The third-order valence-electron chi connectivity index (χ3n) is 2.79. The lowest BCUT2D eigenvalue weighted by molar-refractivity contribution is -0.138. The van der Waals surface area contributed by atoms with Gasteiger partial charge in [0.05, 0.1) is 6.54 Å². The molecule has 1 amide bonds. The van der Waals surface area contributed by atoms with Crippen molar-refractivity contribution in [2.24, 2.45) is 5.92 Å². The summed E-state index contributed by atoms with van der Waals surface area (Å²) in [6, 6.07) is 0. The van der Waals surface area contributed by atoms with E-state index in [0.29, 0.717) is 19.5 Å². The maximum atomic E-state index is 11.5. The van der Waals surface area contributed by atoms with Crippen LogP contribution in [-0.2, 0) is 9.59 Å². The first-order valence-electron chi connectivity index (χ1n) is 4.58. The van der Waals surface area contributed by atoms with Gasteiger partial charge in [-0.3, -0.25) is 9.59 Å². The van der Waals surface area contributed by atoms with E-state index in [1.54, 1.807) is 4.90 Å². The molecule has 0 unspecified atom stereocenters. The molecule has 0 radical (unpaired) electrons. The molecule has 0 aromatic rings. The summed E-state index contributed by atoms with van der Waals surface area (Å²) < 4.78 is 0. The summed E-state index contributed by atoms with van der Waals surface area (Å²) >= 11 is 0. The summed E-state index contributed by atoms with van der Waals surface area (Å²) in [5.74, 6) is 0.672. The Labute approximate surface area is 71.7 Å². The zero-order valence-electron chi connectivity index (χ0n) is 7.08. The van der Waals surface area contributed by atoms with Gasteiger partial charge in [0.2, 0.25) is 5.91 Å². The smallest absolute Gasteiger partial charge is 0.226 e. The van der Waals surface area contributed by atoms with E-state index in [2.05, 4.69) is 0 Å². The second-order valence-electron chi connectivity index (χ2n) is 3.68. The zero-order valence-corrected chi connectivity index (χ0v) is 7.08. The minimum Gasteiger partial charge on any atom is -0.335 e. The molecule has 3 nitrogen and oxygen atoms in total. The molecule has 0 aromatic carbocycles. The first-order chi connectivity index (χ1) is 5.77. The van der Waals surface area contributed by atoms with Crippen molar-refractivity contribution in [3.63, 3.8) is 0 Å². The molecule has 0 bridgehead atoms. The molecule has 1 saturated heterocycles. The number of hydrogen-bond donors (Lipinski definition) is 0. The fourth-order valence-corrected chi connectivity index (χ4v) is 1.73. The highest BCUT2D eigenvalue weighted by Gasteiger charge is 2.32. The molecule has 2 fully saturated rings. The second kappa shape index (κ2) is 2.88. The minimum atomic E-state index is 0.211. The Hall–Kier alpha value is -0.860. The van der Waals surface area contributed by atoms with Gasteiger partial charge in [-0.15, -0.1) is 0 Å². The molecule has 1 aliphatic heterocycles. The van der Waals surface area contributed by atoms with Crippen molar-refractivity contribution >= 4 is 11.7 Å². The first-order valence-corrected chi connectivity index (χ1v) is 4.58. The van der Waals surface area contributed by atoms with Crippen molar-refractivity contribution in [2.75, 3.05) is 13.1 Å². The van der Waals surface area contributed by atoms with Gasteiger partial charge < -0.3 is 4.90 Å². The maximum absolute atomic E-state index is 11.5. The average molecular weight is 167 g/mol. The van der Waals surface area contributed by atoms with Crippen LogP contribution in [0.5, 0.6) is 0 Å². The minimum absolute atomic E-state index is 0.211. The van der Waals surface area contributed by atoms with E-state index >= 15 is 0 Å². The second-order valence-corrected chi connectivity index (χ2v) is 3.68. The summed E-state index contributed by atoms with van der Waals surface area (Å²) in [4.78, 5) is 24.2. The highest BCUT2D eigenvalue weighted by Crippen LogP contribution is 2.28. The Morgan fingerprint density at radius 2 is 2.17 bits per heavy atom. The SMILES string of the molecule is O=C1CCN(C(=O)C2CCC2)C1. The zero-order chi connectivity index (χ0) is 8.55. The van der Waals surface area contributed by atoms with Gasteiger partial charge >= 0.3 is 0 Å². The van der Waals surface area contributed by atoms with Gasteiger partial charge in [-0.05, 0) is 12.8 Å². The fraction of sp³-hybridized carbons (Fsp3) is 0.778. The Bertz CT molecular complexity index is 221. The lowest BCUT2D eigenvalue weighted by atomic mass is 9.84. The van der Waals surface area contributed by atoms with Gasteiger partial charge in [0, 0.05) is 18.9 Å². The standard InChI is InChI=1S/C9H13NO2/c11-8-4-5-10(6-8)9(12)7-2-1-3-7/h7H,1-6H2. The molecule has 3 heteroatoms. The van der Waals surface area contributed by atoms with Crippen LogP contribution in [0.25, 0.3) is 0 Å². The average Bonchev–Trinajstić information content (AvgIpc) is 2.31. The number of carbonyl (C=O) groups excluding carboxylic acids is 2. The Morgan fingerprint density at radius 1 is 1.42 bits per heavy atom. The Kier molecular flexibility index (Phi) is 1.87. The molecule has 0 N–H and O–H groups in total. The Morgan fingerprint density at radius 3 is 2.58 bits per heavy atom. The van der Waals surface area contributed by atoms with Crippen molar-refractivity contribution in [1.29, 1.82) is 0 Å². The molecular formula is C9H13NO2. The van der Waals surface area contributed by atoms with E-state index in [-0.39, 0.29) is 17.6 Å². The van der Waals surface area contributed by atoms with E-state index in [0.717, 1.165) is 12.8 Å². The summed E-state index contributed by atoms with van der Waals surface area (Å²) in [5, 5.41) is 0. The molecule has 0 aromatic heterocycles. The van der Waals surface area contributed by atoms with Crippen LogP contribution in [-0.4, -0.2) is 29.7 Å². The van der Waals surface area contributed by atoms with E-state index in [4.69, 9.17) is 0 Å². The summed E-state index contributed by atoms with van der Waals surface area (Å²) in [5.41, 5.74) is 0. The maximum Gasteiger partial charge on any atom is 0.226 e. The number of Topliss-reactive ketones (excluding diaryl/α,β-unsaturated/α-hetero) is 1. The van der Waals surface area contributed by atoms with Gasteiger partial charge in [-0.25, -0.2) is 0 Å². The van der Waals surface area contributed by atoms with Crippen LogP contribution in [0.1, 0.15) is 25.7 Å². The van der Waals surface area contributed by atoms with E-state index in [9.17, 15) is 9.59 Å². The molecule has 1 saturated carbocycles. The van der Waals surface area contributed by atoms with Crippen molar-refractivity contribution in [3.8, 4) is 0 Å². The van der Waals surface area contributed by atoms with E-state index < -0.39 is 0 Å². The third kappa shape index (κ3) is 1.24. The van der Waals surface area contributed by atoms with Crippen LogP contribution in [0.2, 0.25) is 0 Å². The molecule has 0 atom stereocenters. The number of nitrogens with zero attached hydrogens (tertiary/aromatic N) is 1. The van der Waals surface area contributed by atoms with Gasteiger partial charge in [-0.2, -0.15) is 0 Å². The lowest BCUT2D eigenvalue weighted by Crippen LogP contribution is -2.37. The number of rotatable bonds is 1. The molecular weight excluding hydrogens is 154 g/mol. The van der Waals surface area contributed by atoms with Crippen LogP contribution in [0.4, 0.5) is 0 Å². The van der Waals surface area contributed by atoms with Crippen LogP contribution in [0.15, 0.2) is 0 Å². The quantitative estimate of drug-likeness (QED) is 0.573. The summed E-state index contributed by atoms with van der Waals surface area (Å²) in [6.07, 6.45) is 3.81. The first kappa shape index (κ1) is 7.77. The van der Waals surface area contributed by atoms with Gasteiger partial charge in [0.1, 0.15) is 0 Å². The molecule has 12 heavy (non-hydrogen) atoms. The van der Waals surface area contributed by atoms with Crippen LogP contribution in [0.3, 0.4) is 0 Å². The Balaban J connectivity index is 1.91. The molecule has 1 aliphatic carbocycles. The molecule has 2 rings (SSSR count). The largest absolute Gasteiger partial charge is 0.335 e. The van der Waals surface area contributed by atoms with E-state index in [1.807, 2.05) is 0 Å². The van der Waals surface area contributed by atoms with Crippen LogP contribution in [0, 0.1) is 5.92 Å². The summed E-state index contributed by atoms with van der Waals surface area (Å²) in [7, 11) is 0. The van der Waals surface area contributed by atoms with Gasteiger partial charge in [0.25, 0.3) is 0 Å². The molecule has 2 aliphatic rings. The number of ketones is 1. The van der Waals surface area contributed by atoms with Crippen molar-refractivity contribution in [3.05, 3.63) is 0 Å². The normalized spacial score (nSPS) is 24.3. The third-order valence-corrected chi connectivity index (χ3v) is 2.79. The van der Waals surface area contributed by atoms with Crippen molar-refractivity contribution in [1.82, 2.24) is 4.90 Å². The predicted octanol–water partition coefficient (Wildman–Crippen LogP) is 0.588. The number of carbonyl (C=O) groups is 2. The predicted molar refractivity (Wildman–Crippen MR) is 43.5 cm³/mol. The fourth-order valence-electron chi connectivity index (χ4n) is 1.73.